The van der Waals surface area contributed by atoms with Crippen molar-refractivity contribution in [3.05, 3.63) is 32.3 Å². The Hall–Kier alpha value is -1.96. The molecule has 0 aliphatic carbocycles. The zero-order chi connectivity index (χ0) is 11.1. The first-order valence-corrected chi connectivity index (χ1v) is 4.82. The molecule has 6 heteroatoms. The van der Waals surface area contributed by atoms with Gasteiger partial charge in [0.1, 0.15) is 4.88 Å². The van der Waals surface area contributed by atoms with Crippen LogP contribution in [0.15, 0.2) is 16.6 Å². The fourth-order valence-electron chi connectivity index (χ4n) is 0.818. The molecule has 0 unspecified atom stereocenters. The second-order valence-electron chi connectivity index (χ2n) is 2.38. The monoisotopic (exact) mass is 221 g/mol. The van der Waals surface area contributed by atoms with Crippen molar-refractivity contribution in [2.45, 2.75) is 0 Å². The lowest BCUT2D eigenvalue weighted by atomic mass is 10.3. The Morgan fingerprint density at radius 2 is 2.60 bits per heavy atom. The summed E-state index contributed by atoms with van der Waals surface area (Å²) in [4.78, 5) is 14.1. The summed E-state index contributed by atoms with van der Waals surface area (Å²) in [5.74, 6) is 5.05. The van der Waals surface area contributed by atoms with Crippen LogP contribution in [-0.4, -0.2) is 19.6 Å². The SMILES string of the molecule is COC(=O)c1cc(C#CCN=[N+]=[N-])cs1. The maximum Gasteiger partial charge on any atom is 0.348 e. The Bertz CT molecular complexity index is 463. The Kier molecular flexibility index (Phi) is 4.23. The molecule has 0 fully saturated rings. The van der Waals surface area contributed by atoms with Gasteiger partial charge in [-0.3, -0.25) is 0 Å². The third kappa shape index (κ3) is 3.35. The fourth-order valence-corrected chi connectivity index (χ4v) is 1.57. The highest BCUT2D eigenvalue weighted by Gasteiger charge is 2.07. The molecule has 0 spiro atoms. The summed E-state index contributed by atoms with van der Waals surface area (Å²) in [6.45, 7) is 0.125. The van der Waals surface area contributed by atoms with Crippen LogP contribution in [0.2, 0.25) is 0 Å². The second kappa shape index (κ2) is 5.70. The minimum atomic E-state index is -0.372. The van der Waals surface area contributed by atoms with Crippen molar-refractivity contribution in [3.63, 3.8) is 0 Å². The highest BCUT2D eigenvalue weighted by Crippen LogP contribution is 2.14. The number of rotatable bonds is 2. The Labute approximate surface area is 90.3 Å². The molecule has 0 aromatic carbocycles. The zero-order valence-electron chi connectivity index (χ0n) is 7.93. The van der Waals surface area contributed by atoms with Crippen molar-refractivity contribution < 1.29 is 9.53 Å². The number of hydrogen-bond acceptors (Lipinski definition) is 4. The molecule has 15 heavy (non-hydrogen) atoms. The van der Waals surface area contributed by atoms with Crippen LogP contribution >= 0.6 is 11.3 Å². The number of ether oxygens (including phenoxy) is 1. The Morgan fingerprint density at radius 3 is 3.27 bits per heavy atom. The molecule has 0 N–H and O–H groups in total. The molecule has 76 valence electrons. The van der Waals surface area contributed by atoms with Gasteiger partial charge >= 0.3 is 5.97 Å². The number of methoxy groups -OCH3 is 1. The number of carbonyl (C=O) groups excluding carboxylic acids is 1. The summed E-state index contributed by atoms with van der Waals surface area (Å²) in [7, 11) is 1.33. The third-order valence-electron chi connectivity index (χ3n) is 1.43. The minimum absolute atomic E-state index is 0.125. The van der Waals surface area contributed by atoms with Gasteiger partial charge in [0, 0.05) is 15.9 Å². The van der Waals surface area contributed by atoms with Crippen LogP contribution in [0.1, 0.15) is 15.2 Å². The van der Waals surface area contributed by atoms with Crippen LogP contribution in [0.5, 0.6) is 0 Å². The highest BCUT2D eigenvalue weighted by atomic mass is 32.1. The lowest BCUT2D eigenvalue weighted by molar-refractivity contribution is 0.0606. The number of thiophene rings is 1. The number of azide groups is 1. The average molecular weight is 221 g/mol. The van der Waals surface area contributed by atoms with Crippen LogP contribution in [0, 0.1) is 11.8 Å². The zero-order valence-corrected chi connectivity index (χ0v) is 8.74. The van der Waals surface area contributed by atoms with Gasteiger partial charge in [0.25, 0.3) is 0 Å². The molecule has 1 aromatic rings. The first kappa shape index (κ1) is 11.1. The summed E-state index contributed by atoms with van der Waals surface area (Å²) in [5.41, 5.74) is 8.72. The molecule has 0 bridgehead atoms. The van der Waals surface area contributed by atoms with Crippen molar-refractivity contribution in [3.8, 4) is 11.8 Å². The van der Waals surface area contributed by atoms with E-state index in [4.69, 9.17) is 5.53 Å². The summed E-state index contributed by atoms with van der Waals surface area (Å²) in [6.07, 6.45) is 0. The van der Waals surface area contributed by atoms with E-state index >= 15 is 0 Å². The smallest absolute Gasteiger partial charge is 0.348 e. The lowest BCUT2D eigenvalue weighted by Crippen LogP contribution is -1.96. The van der Waals surface area contributed by atoms with Crippen molar-refractivity contribution in [2.75, 3.05) is 13.7 Å². The fraction of sp³-hybridized carbons (Fsp3) is 0.222. The summed E-state index contributed by atoms with van der Waals surface area (Å²) in [6, 6.07) is 1.64. The molecule has 1 aromatic heterocycles. The quantitative estimate of drug-likeness (QED) is 0.252. The van der Waals surface area contributed by atoms with Crippen LogP contribution in [0.25, 0.3) is 10.4 Å². The van der Waals surface area contributed by atoms with Crippen LogP contribution < -0.4 is 0 Å². The van der Waals surface area contributed by atoms with Gasteiger partial charge in [0.15, 0.2) is 0 Å². The predicted octanol–water partition coefficient (Wildman–Crippen LogP) is 2.20. The van der Waals surface area contributed by atoms with Gasteiger partial charge in [-0.05, 0) is 11.6 Å². The summed E-state index contributed by atoms with van der Waals surface area (Å²) < 4.78 is 4.55. The predicted molar refractivity (Wildman–Crippen MR) is 56.5 cm³/mol. The van der Waals surface area contributed by atoms with E-state index in [2.05, 4.69) is 26.6 Å². The first-order chi connectivity index (χ1) is 7.27. The van der Waals surface area contributed by atoms with Crippen molar-refractivity contribution in [1.29, 1.82) is 0 Å². The van der Waals surface area contributed by atoms with Gasteiger partial charge in [0.2, 0.25) is 0 Å². The van der Waals surface area contributed by atoms with Crippen molar-refractivity contribution in [1.82, 2.24) is 0 Å². The van der Waals surface area contributed by atoms with E-state index in [0.29, 0.717) is 10.4 Å². The molecular formula is C9H7N3O2S. The number of carbonyl (C=O) groups is 1. The summed E-state index contributed by atoms with van der Waals surface area (Å²) >= 11 is 1.27. The molecule has 5 nitrogen and oxygen atoms in total. The minimum Gasteiger partial charge on any atom is -0.465 e. The van der Waals surface area contributed by atoms with Gasteiger partial charge < -0.3 is 4.74 Å². The molecule has 0 saturated heterocycles. The van der Waals surface area contributed by atoms with Crippen LogP contribution in [0.3, 0.4) is 0 Å². The van der Waals surface area contributed by atoms with Gasteiger partial charge in [-0.25, -0.2) is 4.79 Å². The molecule has 0 amide bonds. The maximum atomic E-state index is 11.1. The van der Waals surface area contributed by atoms with E-state index in [1.54, 1.807) is 11.4 Å². The first-order valence-electron chi connectivity index (χ1n) is 3.94. The van der Waals surface area contributed by atoms with E-state index in [1.165, 1.54) is 18.4 Å². The van der Waals surface area contributed by atoms with Gasteiger partial charge in [-0.15, -0.1) is 11.3 Å². The second-order valence-corrected chi connectivity index (χ2v) is 3.29. The maximum absolute atomic E-state index is 11.1. The van der Waals surface area contributed by atoms with Gasteiger partial charge in [-0.2, -0.15) is 0 Å². The number of esters is 1. The van der Waals surface area contributed by atoms with E-state index in [0.717, 1.165) is 0 Å². The molecule has 0 aliphatic heterocycles. The van der Waals surface area contributed by atoms with Gasteiger partial charge in [-0.1, -0.05) is 17.0 Å². The Balaban J connectivity index is 2.70. The average Bonchev–Trinajstić information content (AvgIpc) is 2.72. The molecule has 0 radical (unpaired) electrons. The van der Waals surface area contributed by atoms with E-state index in [-0.39, 0.29) is 12.5 Å². The van der Waals surface area contributed by atoms with Crippen molar-refractivity contribution in [2.24, 2.45) is 5.11 Å². The van der Waals surface area contributed by atoms with Crippen molar-refractivity contribution >= 4 is 17.3 Å². The number of hydrogen-bond donors (Lipinski definition) is 0. The van der Waals surface area contributed by atoms with E-state index in [1.807, 2.05) is 0 Å². The third-order valence-corrected chi connectivity index (χ3v) is 2.34. The van der Waals surface area contributed by atoms with E-state index < -0.39 is 0 Å². The lowest BCUT2D eigenvalue weighted by Gasteiger charge is -1.90. The normalized spacial score (nSPS) is 8.33. The molecule has 0 atom stereocenters. The molecular weight excluding hydrogens is 214 g/mol. The largest absolute Gasteiger partial charge is 0.465 e. The standard InChI is InChI=1S/C9H7N3O2S/c1-14-9(13)8-5-7(6-15-8)3-2-4-11-12-10/h5-6H,4H2,1H3. The summed E-state index contributed by atoms with van der Waals surface area (Å²) in [5, 5.41) is 5.01. The number of nitrogens with zero attached hydrogens (tertiary/aromatic N) is 3. The molecule has 0 aliphatic rings. The molecule has 1 rings (SSSR count). The topological polar surface area (TPSA) is 75.1 Å². The molecule has 1 heterocycles. The Morgan fingerprint density at radius 1 is 1.80 bits per heavy atom. The van der Waals surface area contributed by atoms with Crippen LogP contribution in [-0.2, 0) is 4.74 Å². The van der Waals surface area contributed by atoms with Crippen LogP contribution in [0.4, 0.5) is 0 Å². The van der Waals surface area contributed by atoms with Gasteiger partial charge in [0.05, 0.1) is 13.7 Å². The molecule has 0 saturated carbocycles. The van der Waals surface area contributed by atoms with E-state index in [9.17, 15) is 4.79 Å². The highest BCUT2D eigenvalue weighted by molar-refractivity contribution is 7.12.